The number of imide groups is 2. The molecule has 1 saturated heterocycles. The molecule has 0 radical (unpaired) electrons. The number of hydrogen-bond donors (Lipinski definition) is 2. The lowest BCUT2D eigenvalue weighted by Gasteiger charge is -2.27. The van der Waals surface area contributed by atoms with Gasteiger partial charge in [0.15, 0.2) is 11.4 Å². The van der Waals surface area contributed by atoms with Crippen molar-refractivity contribution in [1.29, 1.82) is 0 Å². The van der Waals surface area contributed by atoms with Crippen molar-refractivity contribution in [3.05, 3.63) is 113 Å². The molecule has 2 N–H and O–H groups in total. The number of carbonyl (C=O) groups is 5. The smallest absolute Gasteiger partial charge is 0.284 e. The number of benzene rings is 2. The van der Waals surface area contributed by atoms with E-state index >= 15 is 0 Å². The fraction of sp³-hybridized carbons (Fsp3) is 0.282. The van der Waals surface area contributed by atoms with Crippen molar-refractivity contribution in [3.63, 3.8) is 0 Å². The molecule has 0 aliphatic carbocycles. The van der Waals surface area contributed by atoms with Gasteiger partial charge in [0.2, 0.25) is 17.7 Å². The Labute approximate surface area is 318 Å². The average molecular weight is 767 g/mol. The van der Waals surface area contributed by atoms with Crippen molar-refractivity contribution < 1.29 is 41.9 Å². The summed E-state index contributed by atoms with van der Waals surface area (Å²) in [7, 11) is 1.95. The van der Waals surface area contributed by atoms with Crippen LogP contribution in [0, 0.1) is 0 Å². The summed E-state index contributed by atoms with van der Waals surface area (Å²) in [6.45, 7) is 2.20. The number of aryl methyl sites for hydroxylation is 1. The molecular weight excluding hydrogens is 730 g/mol. The number of fused-ring (bicyclic) bond motifs is 1. The van der Waals surface area contributed by atoms with Gasteiger partial charge in [0.25, 0.3) is 24.1 Å². The summed E-state index contributed by atoms with van der Waals surface area (Å²) in [6, 6.07) is 14.6. The normalized spacial score (nSPS) is 15.5. The highest BCUT2D eigenvalue weighted by molar-refractivity contribution is 6.23. The van der Waals surface area contributed by atoms with Crippen LogP contribution in [0.2, 0.25) is 0 Å². The number of carbonyl (C=O) groups excluding carboxylic acids is 5. The molecule has 1 atom stereocenters. The van der Waals surface area contributed by atoms with E-state index in [1.807, 2.05) is 19.2 Å². The summed E-state index contributed by atoms with van der Waals surface area (Å²) in [5.74, 6) is -2.67. The van der Waals surface area contributed by atoms with Crippen molar-refractivity contribution in [3.8, 4) is 17.1 Å². The molecule has 15 nitrogen and oxygen atoms in total. The van der Waals surface area contributed by atoms with E-state index in [-0.39, 0.29) is 41.2 Å². The van der Waals surface area contributed by atoms with Crippen LogP contribution >= 0.6 is 0 Å². The van der Waals surface area contributed by atoms with E-state index in [0.717, 1.165) is 22.3 Å². The highest BCUT2D eigenvalue weighted by Gasteiger charge is 2.44. The van der Waals surface area contributed by atoms with Gasteiger partial charge in [-0.2, -0.15) is 5.10 Å². The molecular formula is C39H36F2N8O7. The van der Waals surface area contributed by atoms with Crippen molar-refractivity contribution in [2.75, 3.05) is 32.1 Å². The van der Waals surface area contributed by atoms with E-state index in [0.29, 0.717) is 50.4 Å². The van der Waals surface area contributed by atoms with Gasteiger partial charge in [0.1, 0.15) is 12.3 Å². The van der Waals surface area contributed by atoms with E-state index < -0.39 is 47.7 Å². The van der Waals surface area contributed by atoms with Gasteiger partial charge in [-0.15, -0.1) is 0 Å². The number of hydrogen-bond acceptors (Lipinski definition) is 11. The summed E-state index contributed by atoms with van der Waals surface area (Å²) >= 11 is 0. The summed E-state index contributed by atoms with van der Waals surface area (Å²) in [5.41, 5.74) is 2.64. The van der Waals surface area contributed by atoms with E-state index in [1.54, 1.807) is 54.9 Å². The highest BCUT2D eigenvalue weighted by atomic mass is 19.3. The molecule has 3 aromatic heterocycles. The third kappa shape index (κ3) is 8.28. The van der Waals surface area contributed by atoms with Crippen molar-refractivity contribution in [1.82, 2.24) is 34.9 Å². The minimum Gasteiger partial charge on any atom is -0.444 e. The zero-order valence-corrected chi connectivity index (χ0v) is 30.1. The third-order valence-corrected chi connectivity index (χ3v) is 9.39. The van der Waals surface area contributed by atoms with Crippen molar-refractivity contribution in [2.45, 2.75) is 44.7 Å². The molecule has 7 rings (SSSR count). The zero-order valence-electron chi connectivity index (χ0n) is 30.1. The number of rotatable bonds is 15. The highest BCUT2D eigenvalue weighted by Crippen LogP contribution is 2.30. The summed E-state index contributed by atoms with van der Waals surface area (Å²) in [4.78, 5) is 73.8. The number of ether oxygens (including phenoxy) is 1. The number of nitrogens with zero attached hydrogens (tertiary/aromatic N) is 6. The molecule has 5 aromatic rings. The van der Waals surface area contributed by atoms with Crippen LogP contribution < -0.4 is 10.6 Å². The SMILES string of the molecule is CN(CCOCCCc1ccc2c(c1)C(=O)N(C1CCC(=O)NC1=O)C2=O)Cc1ccc(-n2cc(NC(=O)c3coc(-c4ccncc4)n3)c(C(F)F)n2)cc1. The molecule has 17 heteroatoms. The third-order valence-electron chi connectivity index (χ3n) is 9.39. The van der Waals surface area contributed by atoms with Crippen LogP contribution in [0.3, 0.4) is 0 Å². The molecule has 2 aliphatic rings. The lowest BCUT2D eigenvalue weighted by molar-refractivity contribution is -0.136. The maximum atomic E-state index is 13.9. The quantitative estimate of drug-likeness (QED) is 0.112. The molecule has 5 heterocycles. The van der Waals surface area contributed by atoms with Gasteiger partial charge in [-0.25, -0.2) is 18.4 Å². The Hall–Kier alpha value is -6.46. The first-order valence-electron chi connectivity index (χ1n) is 17.8. The van der Waals surface area contributed by atoms with E-state index in [4.69, 9.17) is 9.15 Å². The van der Waals surface area contributed by atoms with Crippen LogP contribution in [0.15, 0.2) is 83.9 Å². The molecule has 0 bridgehead atoms. The molecule has 5 amide bonds. The van der Waals surface area contributed by atoms with Crippen LogP contribution in [0.25, 0.3) is 17.1 Å². The molecule has 1 unspecified atom stereocenters. The molecule has 2 aromatic carbocycles. The predicted octanol–water partition coefficient (Wildman–Crippen LogP) is 4.59. The molecule has 288 valence electrons. The number of amides is 5. The molecule has 56 heavy (non-hydrogen) atoms. The number of pyridine rings is 1. The van der Waals surface area contributed by atoms with E-state index in [1.165, 1.54) is 10.9 Å². The lowest BCUT2D eigenvalue weighted by atomic mass is 10.0. The number of halogens is 2. The number of piperidine rings is 1. The number of alkyl halides is 2. The fourth-order valence-electron chi connectivity index (χ4n) is 6.49. The van der Waals surface area contributed by atoms with E-state index in [9.17, 15) is 32.8 Å². The topological polar surface area (TPSA) is 182 Å². The maximum absolute atomic E-state index is 13.9. The van der Waals surface area contributed by atoms with Crippen LogP contribution in [-0.2, 0) is 27.3 Å². The lowest BCUT2D eigenvalue weighted by Crippen LogP contribution is -2.54. The molecule has 1 fully saturated rings. The summed E-state index contributed by atoms with van der Waals surface area (Å²) < 4.78 is 40.3. The number of likely N-dealkylation sites (N-methyl/N-ethyl adjacent to an activating group) is 1. The van der Waals surface area contributed by atoms with Gasteiger partial charge in [-0.05, 0) is 73.8 Å². The second-order valence-electron chi connectivity index (χ2n) is 13.3. The number of anilines is 1. The van der Waals surface area contributed by atoms with Crippen LogP contribution in [0.1, 0.15) is 73.7 Å². The van der Waals surface area contributed by atoms with Crippen LogP contribution in [0.5, 0.6) is 0 Å². The Morgan fingerprint density at radius 1 is 1.02 bits per heavy atom. The second kappa shape index (κ2) is 16.5. The van der Waals surface area contributed by atoms with Crippen molar-refractivity contribution in [2.24, 2.45) is 0 Å². The van der Waals surface area contributed by atoms with Gasteiger partial charge in [0.05, 0.1) is 35.3 Å². The van der Waals surface area contributed by atoms with Gasteiger partial charge < -0.3 is 14.5 Å². The minimum absolute atomic E-state index is 0.0630. The van der Waals surface area contributed by atoms with Gasteiger partial charge in [-0.1, -0.05) is 18.2 Å². The second-order valence-corrected chi connectivity index (χ2v) is 13.3. The number of aromatic nitrogens is 4. The maximum Gasteiger partial charge on any atom is 0.284 e. The summed E-state index contributed by atoms with van der Waals surface area (Å²) in [5, 5.41) is 8.69. The Morgan fingerprint density at radius 2 is 1.77 bits per heavy atom. The minimum atomic E-state index is -2.94. The first-order valence-corrected chi connectivity index (χ1v) is 17.8. The van der Waals surface area contributed by atoms with E-state index in [2.05, 4.69) is 30.6 Å². The van der Waals surface area contributed by atoms with Crippen LogP contribution in [0.4, 0.5) is 14.5 Å². The van der Waals surface area contributed by atoms with Gasteiger partial charge >= 0.3 is 0 Å². The largest absolute Gasteiger partial charge is 0.444 e. The molecule has 0 saturated carbocycles. The molecule has 0 spiro atoms. The Morgan fingerprint density at radius 3 is 2.52 bits per heavy atom. The average Bonchev–Trinajstić information content (AvgIpc) is 3.91. The Balaban J connectivity index is 0.854. The monoisotopic (exact) mass is 766 g/mol. The van der Waals surface area contributed by atoms with Gasteiger partial charge in [-0.3, -0.25) is 44.1 Å². The Bertz CT molecular complexity index is 2280. The number of oxazole rings is 1. The van der Waals surface area contributed by atoms with Crippen molar-refractivity contribution >= 4 is 35.2 Å². The fourth-order valence-corrected chi connectivity index (χ4v) is 6.49. The first kappa shape index (κ1) is 37.8. The predicted molar refractivity (Wildman–Crippen MR) is 195 cm³/mol. The van der Waals surface area contributed by atoms with Gasteiger partial charge in [0, 0.05) is 44.1 Å². The Kier molecular flexibility index (Phi) is 11.1. The first-order chi connectivity index (χ1) is 27.0. The zero-order chi connectivity index (χ0) is 39.3. The molecule has 2 aliphatic heterocycles. The number of nitrogens with one attached hydrogen (secondary N) is 2. The van der Waals surface area contributed by atoms with Crippen LogP contribution in [-0.4, -0.2) is 91.9 Å². The standard InChI is InChI=1S/C39H36F2N8O7/c1-47(16-18-55-17-2-3-23-6-9-27-28(19-23)39(54)49(38(27)53)31-10-11-32(50)45-36(31)52)20-24-4-7-26(8-5-24)48-21-29(33(46-48)34(40)41)43-35(51)30-22-56-37(44-30)25-12-14-42-15-13-25/h4-9,12-15,19,21-22,31,34H,2-3,10-11,16-18,20H2,1H3,(H,43,51)(H,45,50,52). The summed E-state index contributed by atoms with van der Waals surface area (Å²) in [6.07, 6.45) is 4.10.